The molecule has 138 valence electrons. The Kier molecular flexibility index (Phi) is 4.43. The number of rotatable bonds is 2. The summed E-state index contributed by atoms with van der Waals surface area (Å²) < 4.78 is 3.28. The van der Waals surface area contributed by atoms with Crippen LogP contribution < -0.4 is 4.90 Å². The zero-order valence-electron chi connectivity index (χ0n) is 16.0. The predicted octanol–water partition coefficient (Wildman–Crippen LogP) is 4.77. The Hall–Kier alpha value is -2.39. The fourth-order valence-corrected chi connectivity index (χ4v) is 4.82. The zero-order valence-corrected chi connectivity index (χ0v) is 17.6. The molecule has 0 radical (unpaired) electrons. The van der Waals surface area contributed by atoms with Crippen molar-refractivity contribution in [1.82, 2.24) is 14.5 Å². The van der Waals surface area contributed by atoms with Gasteiger partial charge in [0.15, 0.2) is 5.65 Å². The maximum absolute atomic E-state index is 9.27. The van der Waals surface area contributed by atoms with Crippen LogP contribution in [0, 0.1) is 44.9 Å². The first-order chi connectivity index (χ1) is 12.9. The molecule has 6 heteroatoms. The number of nitrogens with zero attached hydrogens (tertiary/aromatic N) is 5. The van der Waals surface area contributed by atoms with E-state index < -0.39 is 0 Å². The molecule has 3 heterocycles. The molecule has 5 nitrogen and oxygen atoms in total. The number of aryl methyl sites for hydroxylation is 4. The number of hydrogen-bond donors (Lipinski definition) is 0. The van der Waals surface area contributed by atoms with Crippen LogP contribution in [-0.2, 0) is 0 Å². The van der Waals surface area contributed by atoms with Gasteiger partial charge in [0.25, 0.3) is 0 Å². The molecule has 1 unspecified atom stereocenters. The van der Waals surface area contributed by atoms with Gasteiger partial charge in [0.05, 0.1) is 23.1 Å². The van der Waals surface area contributed by atoms with Gasteiger partial charge in [-0.05, 0) is 62.9 Å². The lowest BCUT2D eigenvalue weighted by Crippen LogP contribution is -2.21. The van der Waals surface area contributed by atoms with Crippen LogP contribution in [0.1, 0.15) is 28.9 Å². The first kappa shape index (κ1) is 18.0. The average molecular weight is 424 g/mol. The summed E-state index contributed by atoms with van der Waals surface area (Å²) in [5.41, 5.74) is 5.65. The maximum atomic E-state index is 9.27. The topological polar surface area (TPSA) is 57.7 Å². The highest BCUT2D eigenvalue weighted by atomic mass is 79.9. The molecule has 0 saturated carbocycles. The monoisotopic (exact) mass is 423 g/mol. The van der Waals surface area contributed by atoms with Crippen molar-refractivity contribution in [1.29, 1.82) is 5.26 Å². The minimum Gasteiger partial charge on any atom is -0.355 e. The number of nitriles is 1. The van der Waals surface area contributed by atoms with E-state index in [-0.39, 0.29) is 5.92 Å². The highest BCUT2D eigenvalue weighted by molar-refractivity contribution is 9.10. The minimum atomic E-state index is 0.0775. The average Bonchev–Trinajstić information content (AvgIpc) is 3.19. The van der Waals surface area contributed by atoms with Crippen molar-refractivity contribution in [2.45, 2.75) is 34.1 Å². The number of hydrogen-bond acceptors (Lipinski definition) is 4. The summed E-state index contributed by atoms with van der Waals surface area (Å²) in [6.45, 7) is 9.91. The van der Waals surface area contributed by atoms with E-state index in [1.54, 1.807) is 0 Å². The summed E-state index contributed by atoms with van der Waals surface area (Å²) in [6, 6.07) is 6.67. The Morgan fingerprint density at radius 2 is 1.81 bits per heavy atom. The minimum absolute atomic E-state index is 0.0775. The first-order valence-corrected chi connectivity index (χ1v) is 9.96. The van der Waals surface area contributed by atoms with Gasteiger partial charge in [0.1, 0.15) is 11.6 Å². The van der Waals surface area contributed by atoms with Crippen LogP contribution in [0.25, 0.3) is 16.7 Å². The normalized spacial score (nSPS) is 16.9. The van der Waals surface area contributed by atoms with Crippen LogP contribution in [-0.4, -0.2) is 27.6 Å². The second-order valence-corrected chi connectivity index (χ2v) is 8.34. The second kappa shape index (κ2) is 6.65. The molecule has 4 rings (SSSR count). The molecule has 27 heavy (non-hydrogen) atoms. The molecular formula is C21H22BrN5. The predicted molar refractivity (Wildman–Crippen MR) is 111 cm³/mol. The van der Waals surface area contributed by atoms with Crippen LogP contribution in [0.5, 0.6) is 0 Å². The Balaban J connectivity index is 1.95. The van der Waals surface area contributed by atoms with E-state index in [1.807, 2.05) is 6.92 Å². The molecule has 0 N–H and O–H groups in total. The van der Waals surface area contributed by atoms with Gasteiger partial charge >= 0.3 is 0 Å². The Morgan fingerprint density at radius 3 is 2.44 bits per heavy atom. The highest BCUT2D eigenvalue weighted by Gasteiger charge is 2.27. The number of benzene rings is 1. The van der Waals surface area contributed by atoms with E-state index in [4.69, 9.17) is 9.97 Å². The summed E-state index contributed by atoms with van der Waals surface area (Å²) >= 11 is 3.59. The molecule has 1 aromatic carbocycles. The number of anilines is 1. The summed E-state index contributed by atoms with van der Waals surface area (Å²) in [7, 11) is 0. The lowest BCUT2D eigenvalue weighted by molar-refractivity contribution is 0.754. The highest BCUT2D eigenvalue weighted by Crippen LogP contribution is 2.35. The van der Waals surface area contributed by atoms with Gasteiger partial charge in [-0.2, -0.15) is 5.26 Å². The summed E-state index contributed by atoms with van der Waals surface area (Å²) in [6.07, 6.45) is 3.05. The van der Waals surface area contributed by atoms with Crippen LogP contribution in [0.3, 0.4) is 0 Å². The number of aromatic nitrogens is 3. The fourth-order valence-electron chi connectivity index (χ4n) is 4.13. The van der Waals surface area contributed by atoms with Gasteiger partial charge in [-0.3, -0.25) is 0 Å². The van der Waals surface area contributed by atoms with Gasteiger partial charge in [-0.1, -0.05) is 15.9 Å². The molecule has 0 aliphatic carbocycles. The van der Waals surface area contributed by atoms with E-state index >= 15 is 0 Å². The third kappa shape index (κ3) is 3.00. The van der Waals surface area contributed by atoms with E-state index in [1.165, 1.54) is 11.1 Å². The Labute approximate surface area is 167 Å². The number of fused-ring (bicyclic) bond motifs is 1. The summed E-state index contributed by atoms with van der Waals surface area (Å²) in [5.74, 6) is 1.79. The van der Waals surface area contributed by atoms with Gasteiger partial charge < -0.3 is 9.47 Å². The SMILES string of the molecule is Cc1nc(N2CCC(C#N)C2)c2c(C)cn(-c3c(C)cc(Br)cc3C)c2n1. The van der Waals surface area contributed by atoms with Crippen molar-refractivity contribution in [3.05, 3.63) is 45.3 Å². The third-order valence-corrected chi connectivity index (χ3v) is 5.75. The van der Waals surface area contributed by atoms with Crippen LogP contribution in [0.4, 0.5) is 5.82 Å². The van der Waals surface area contributed by atoms with Crippen LogP contribution >= 0.6 is 15.9 Å². The van der Waals surface area contributed by atoms with Crippen LogP contribution in [0.2, 0.25) is 0 Å². The smallest absolute Gasteiger partial charge is 0.150 e. The Morgan fingerprint density at radius 1 is 1.11 bits per heavy atom. The van der Waals surface area contributed by atoms with Gasteiger partial charge in [0, 0.05) is 23.8 Å². The van der Waals surface area contributed by atoms with Gasteiger partial charge in [-0.15, -0.1) is 0 Å². The second-order valence-electron chi connectivity index (χ2n) is 7.42. The first-order valence-electron chi connectivity index (χ1n) is 9.17. The van der Waals surface area contributed by atoms with Crippen LogP contribution in [0.15, 0.2) is 22.8 Å². The summed E-state index contributed by atoms with van der Waals surface area (Å²) in [5, 5.41) is 10.4. The van der Waals surface area contributed by atoms with E-state index in [0.717, 1.165) is 57.9 Å². The van der Waals surface area contributed by atoms with E-state index in [2.05, 4.69) is 70.6 Å². The molecule has 1 saturated heterocycles. The lowest BCUT2D eigenvalue weighted by Gasteiger charge is -2.19. The van der Waals surface area contributed by atoms with Crippen molar-refractivity contribution >= 4 is 32.8 Å². The van der Waals surface area contributed by atoms with E-state index in [9.17, 15) is 5.26 Å². The van der Waals surface area contributed by atoms with Crippen molar-refractivity contribution in [2.75, 3.05) is 18.0 Å². The molecule has 1 fully saturated rings. The molecule has 0 amide bonds. The standard InChI is InChI=1S/C21H22BrN5/c1-12-7-17(22)8-13(2)19(12)27-10-14(3)18-20(24-15(4)25-21(18)27)26-6-5-16(9-23)11-26/h7-8,10,16H,5-6,11H2,1-4H3. The number of halogens is 1. The van der Waals surface area contributed by atoms with Gasteiger partial charge in [-0.25, -0.2) is 9.97 Å². The molecule has 0 spiro atoms. The molecule has 0 bridgehead atoms. The van der Waals surface area contributed by atoms with Crippen molar-refractivity contribution < 1.29 is 0 Å². The van der Waals surface area contributed by atoms with Crippen molar-refractivity contribution in [3.63, 3.8) is 0 Å². The van der Waals surface area contributed by atoms with E-state index in [0.29, 0.717) is 0 Å². The van der Waals surface area contributed by atoms with Crippen molar-refractivity contribution in [2.24, 2.45) is 5.92 Å². The molecule has 1 aliphatic rings. The maximum Gasteiger partial charge on any atom is 0.150 e. The molecular weight excluding hydrogens is 402 g/mol. The fraction of sp³-hybridized carbons (Fsp3) is 0.381. The molecule has 1 atom stereocenters. The zero-order chi connectivity index (χ0) is 19.3. The third-order valence-electron chi connectivity index (χ3n) is 5.29. The molecule has 1 aliphatic heterocycles. The molecule has 2 aromatic heterocycles. The largest absolute Gasteiger partial charge is 0.355 e. The lowest BCUT2D eigenvalue weighted by atomic mass is 10.1. The summed E-state index contributed by atoms with van der Waals surface area (Å²) in [4.78, 5) is 11.8. The quantitative estimate of drug-likeness (QED) is 0.595. The van der Waals surface area contributed by atoms with Crippen molar-refractivity contribution in [3.8, 4) is 11.8 Å². The van der Waals surface area contributed by atoms with Gasteiger partial charge in [0.2, 0.25) is 0 Å². The Bertz CT molecular complexity index is 1070. The molecule has 3 aromatic rings.